The molecule has 2 saturated heterocycles. The molecular formula is C17H21N3O4. The molecule has 3 rings (SSSR count). The predicted octanol–water partition coefficient (Wildman–Crippen LogP) is 0.928. The Hall–Kier alpha value is -2.44. The molecule has 24 heavy (non-hydrogen) atoms. The number of likely N-dealkylation sites (tertiary alicyclic amines) is 2. The van der Waals surface area contributed by atoms with E-state index in [4.69, 9.17) is 0 Å². The fourth-order valence-electron chi connectivity index (χ4n) is 3.94. The molecule has 7 heteroatoms. The molecular weight excluding hydrogens is 310 g/mol. The van der Waals surface area contributed by atoms with Crippen molar-refractivity contribution < 1.29 is 19.5 Å². The third-order valence-corrected chi connectivity index (χ3v) is 5.55. The highest BCUT2D eigenvalue weighted by atomic mass is 16.4. The van der Waals surface area contributed by atoms with Gasteiger partial charge in [0.2, 0.25) is 5.91 Å². The quantitative estimate of drug-likeness (QED) is 0.870. The molecule has 2 fully saturated rings. The first-order chi connectivity index (χ1) is 11.4. The third kappa shape index (κ3) is 2.44. The van der Waals surface area contributed by atoms with Crippen LogP contribution >= 0.6 is 0 Å². The molecule has 0 radical (unpaired) electrons. The largest absolute Gasteiger partial charge is 0.481 e. The Kier molecular flexibility index (Phi) is 4.03. The van der Waals surface area contributed by atoms with Crippen LogP contribution in [0.5, 0.6) is 0 Å². The number of nitrogens with zero attached hydrogens (tertiary/aromatic N) is 3. The van der Waals surface area contributed by atoms with Crippen LogP contribution in [0, 0.1) is 12.8 Å². The smallest absolute Gasteiger partial charge is 0.309 e. The van der Waals surface area contributed by atoms with Crippen LogP contribution in [0.3, 0.4) is 0 Å². The lowest BCUT2D eigenvalue weighted by Crippen LogP contribution is -2.57. The second-order valence-corrected chi connectivity index (χ2v) is 6.63. The van der Waals surface area contributed by atoms with Crippen LogP contribution in [0.25, 0.3) is 0 Å². The van der Waals surface area contributed by atoms with Crippen molar-refractivity contribution in [2.75, 3.05) is 20.1 Å². The summed E-state index contributed by atoms with van der Waals surface area (Å²) in [5, 5.41) is 9.49. The summed E-state index contributed by atoms with van der Waals surface area (Å²) >= 11 is 0. The lowest BCUT2D eigenvalue weighted by molar-refractivity contribution is -0.145. The van der Waals surface area contributed by atoms with Gasteiger partial charge in [0, 0.05) is 39.0 Å². The highest BCUT2D eigenvalue weighted by Gasteiger charge is 2.55. The molecule has 0 unspecified atom stereocenters. The minimum atomic E-state index is -0.935. The summed E-state index contributed by atoms with van der Waals surface area (Å²) < 4.78 is 0. The van der Waals surface area contributed by atoms with E-state index < -0.39 is 17.4 Å². The van der Waals surface area contributed by atoms with Gasteiger partial charge < -0.3 is 14.9 Å². The van der Waals surface area contributed by atoms with E-state index in [1.54, 1.807) is 35.3 Å². The van der Waals surface area contributed by atoms with E-state index >= 15 is 0 Å². The zero-order valence-corrected chi connectivity index (χ0v) is 13.9. The molecule has 2 aliphatic rings. The fourth-order valence-corrected chi connectivity index (χ4v) is 3.94. The van der Waals surface area contributed by atoms with Crippen molar-refractivity contribution in [3.8, 4) is 0 Å². The van der Waals surface area contributed by atoms with E-state index in [-0.39, 0.29) is 18.2 Å². The fraction of sp³-hybridized carbons (Fsp3) is 0.529. The second-order valence-electron chi connectivity index (χ2n) is 6.63. The van der Waals surface area contributed by atoms with Gasteiger partial charge >= 0.3 is 5.97 Å². The zero-order chi connectivity index (χ0) is 17.5. The summed E-state index contributed by atoms with van der Waals surface area (Å²) in [5.41, 5.74) is 0.759. The second kappa shape index (κ2) is 5.89. The summed E-state index contributed by atoms with van der Waals surface area (Å²) in [6.07, 6.45) is 4.22. The molecule has 1 aromatic rings. The number of aliphatic carboxylic acids is 1. The van der Waals surface area contributed by atoms with Gasteiger partial charge in [0.25, 0.3) is 5.91 Å². The minimum Gasteiger partial charge on any atom is -0.481 e. The van der Waals surface area contributed by atoms with E-state index in [1.165, 1.54) is 0 Å². The Balaban J connectivity index is 1.78. The lowest BCUT2D eigenvalue weighted by atomic mass is 9.77. The number of carbonyl (C=O) groups is 3. The number of pyridine rings is 1. The number of piperidine rings is 1. The van der Waals surface area contributed by atoms with Crippen LogP contribution in [0.1, 0.15) is 35.2 Å². The van der Waals surface area contributed by atoms with Crippen molar-refractivity contribution in [2.24, 2.45) is 5.92 Å². The average molecular weight is 331 g/mol. The maximum Gasteiger partial charge on any atom is 0.309 e. The molecule has 128 valence electrons. The number of carboxylic acids is 1. The molecule has 0 bridgehead atoms. The van der Waals surface area contributed by atoms with Gasteiger partial charge in [0.1, 0.15) is 0 Å². The number of carbonyl (C=O) groups excluding carboxylic acids is 2. The first kappa shape index (κ1) is 16.4. The van der Waals surface area contributed by atoms with Crippen LogP contribution in [0.4, 0.5) is 0 Å². The molecule has 1 aromatic heterocycles. The Labute approximate surface area is 140 Å². The topological polar surface area (TPSA) is 90.8 Å². The van der Waals surface area contributed by atoms with Crippen molar-refractivity contribution in [1.29, 1.82) is 0 Å². The van der Waals surface area contributed by atoms with Gasteiger partial charge in [0.05, 0.1) is 17.0 Å². The van der Waals surface area contributed by atoms with E-state index in [1.807, 2.05) is 6.92 Å². The lowest BCUT2D eigenvalue weighted by Gasteiger charge is -2.45. The highest BCUT2D eigenvalue weighted by Crippen LogP contribution is 2.43. The Morgan fingerprint density at radius 2 is 2.00 bits per heavy atom. The monoisotopic (exact) mass is 331 g/mol. The zero-order valence-electron chi connectivity index (χ0n) is 13.9. The van der Waals surface area contributed by atoms with E-state index in [9.17, 15) is 19.5 Å². The van der Waals surface area contributed by atoms with Crippen molar-refractivity contribution in [2.45, 2.75) is 31.7 Å². The van der Waals surface area contributed by atoms with Crippen LogP contribution in [-0.4, -0.2) is 63.4 Å². The average Bonchev–Trinajstić information content (AvgIpc) is 2.81. The molecule has 1 spiro atoms. The number of carboxylic acid groups (broad SMARTS) is 1. The van der Waals surface area contributed by atoms with Gasteiger partial charge in [-0.1, -0.05) is 0 Å². The highest BCUT2D eigenvalue weighted by molar-refractivity contribution is 5.95. The number of hydrogen-bond donors (Lipinski definition) is 1. The SMILES string of the molecule is Cc1ccncc1C(=O)N1CCC2(CC1)[C@H](C(=O)O)CC(=O)N2C. The number of aryl methyl sites for hydroxylation is 1. The van der Waals surface area contributed by atoms with Crippen molar-refractivity contribution in [1.82, 2.24) is 14.8 Å². The first-order valence-corrected chi connectivity index (χ1v) is 8.06. The predicted molar refractivity (Wildman–Crippen MR) is 85.4 cm³/mol. The van der Waals surface area contributed by atoms with Gasteiger partial charge in [-0.05, 0) is 31.4 Å². The molecule has 2 aliphatic heterocycles. The van der Waals surface area contributed by atoms with Crippen molar-refractivity contribution >= 4 is 17.8 Å². The summed E-state index contributed by atoms with van der Waals surface area (Å²) in [6, 6.07) is 1.79. The van der Waals surface area contributed by atoms with Crippen LogP contribution in [0.2, 0.25) is 0 Å². The summed E-state index contributed by atoms with van der Waals surface area (Å²) in [5.74, 6) is -1.86. The number of hydrogen-bond acceptors (Lipinski definition) is 4. The maximum absolute atomic E-state index is 12.7. The van der Waals surface area contributed by atoms with Crippen molar-refractivity contribution in [3.63, 3.8) is 0 Å². The Morgan fingerprint density at radius 1 is 1.33 bits per heavy atom. The molecule has 1 N–H and O–H groups in total. The van der Waals surface area contributed by atoms with Gasteiger partial charge in [0.15, 0.2) is 0 Å². The van der Waals surface area contributed by atoms with E-state index in [0.717, 1.165) is 5.56 Å². The molecule has 0 aliphatic carbocycles. The van der Waals surface area contributed by atoms with E-state index in [0.29, 0.717) is 31.5 Å². The summed E-state index contributed by atoms with van der Waals surface area (Å²) in [7, 11) is 1.67. The van der Waals surface area contributed by atoms with Gasteiger partial charge in [-0.15, -0.1) is 0 Å². The summed E-state index contributed by atoms with van der Waals surface area (Å²) in [4.78, 5) is 43.6. The number of aromatic nitrogens is 1. The van der Waals surface area contributed by atoms with Gasteiger partial charge in [-0.3, -0.25) is 19.4 Å². The summed E-state index contributed by atoms with van der Waals surface area (Å²) in [6.45, 7) is 2.74. The van der Waals surface area contributed by atoms with Crippen LogP contribution < -0.4 is 0 Å². The first-order valence-electron chi connectivity index (χ1n) is 8.06. The van der Waals surface area contributed by atoms with Crippen LogP contribution in [-0.2, 0) is 9.59 Å². The molecule has 0 aromatic carbocycles. The van der Waals surface area contributed by atoms with Crippen LogP contribution in [0.15, 0.2) is 18.5 Å². The molecule has 2 amide bonds. The number of rotatable bonds is 2. The Bertz CT molecular complexity index is 695. The third-order valence-electron chi connectivity index (χ3n) is 5.55. The molecule has 1 atom stereocenters. The molecule has 0 saturated carbocycles. The van der Waals surface area contributed by atoms with Crippen molar-refractivity contribution in [3.05, 3.63) is 29.6 Å². The Morgan fingerprint density at radius 3 is 2.58 bits per heavy atom. The minimum absolute atomic E-state index is 0.0431. The molecule has 7 nitrogen and oxygen atoms in total. The molecule has 3 heterocycles. The standard InChI is InChI=1S/C17H21N3O4/c1-11-3-6-18-10-12(11)15(22)20-7-4-17(5-8-20)13(16(23)24)9-14(21)19(17)2/h3,6,10,13H,4-5,7-9H2,1-2H3,(H,23,24)/t13-/m0/s1. The number of amides is 2. The van der Waals surface area contributed by atoms with E-state index in [2.05, 4.69) is 4.98 Å². The maximum atomic E-state index is 12.7. The van der Waals surface area contributed by atoms with Gasteiger partial charge in [-0.2, -0.15) is 0 Å². The normalized spacial score (nSPS) is 22.9. The van der Waals surface area contributed by atoms with Gasteiger partial charge in [-0.25, -0.2) is 0 Å².